The molecule has 124 valence electrons. The van der Waals surface area contributed by atoms with Crippen LogP contribution in [-0.2, 0) is 0 Å². The molecule has 1 aromatic carbocycles. The van der Waals surface area contributed by atoms with Gasteiger partial charge in [-0.25, -0.2) is 4.98 Å². The van der Waals surface area contributed by atoms with E-state index < -0.39 is 0 Å². The third-order valence-electron chi connectivity index (χ3n) is 4.09. The lowest BCUT2D eigenvalue weighted by Crippen LogP contribution is -2.12. The molecule has 3 heterocycles. The van der Waals surface area contributed by atoms with E-state index in [1.807, 2.05) is 42.5 Å². The zero-order valence-electron chi connectivity index (χ0n) is 13.7. The predicted molar refractivity (Wildman–Crippen MR) is 102 cm³/mol. The summed E-state index contributed by atoms with van der Waals surface area (Å²) in [6.45, 7) is 2.08. The molecule has 0 saturated heterocycles. The first-order valence-corrected chi connectivity index (χ1v) is 8.84. The first-order valence-electron chi connectivity index (χ1n) is 8.03. The van der Waals surface area contributed by atoms with Crippen LogP contribution >= 0.6 is 11.3 Å². The van der Waals surface area contributed by atoms with Crippen LogP contribution in [0.2, 0.25) is 0 Å². The average molecular weight is 347 g/mol. The minimum absolute atomic E-state index is 0.194. The molecule has 1 atom stereocenters. The maximum atomic E-state index is 10.8. The summed E-state index contributed by atoms with van der Waals surface area (Å²) in [5.74, 6) is 0.969. The van der Waals surface area contributed by atoms with Crippen molar-refractivity contribution in [2.24, 2.45) is 0 Å². The van der Waals surface area contributed by atoms with Crippen molar-refractivity contribution in [3.05, 3.63) is 82.3 Å². The van der Waals surface area contributed by atoms with Crippen molar-refractivity contribution in [1.82, 2.24) is 9.97 Å². The number of hydrogen-bond donors (Lipinski definition) is 2. The van der Waals surface area contributed by atoms with Crippen LogP contribution in [0, 0.1) is 6.92 Å². The number of rotatable bonds is 4. The van der Waals surface area contributed by atoms with Crippen molar-refractivity contribution in [1.29, 1.82) is 0 Å². The summed E-state index contributed by atoms with van der Waals surface area (Å²) in [4.78, 5) is 11.0. The van der Waals surface area contributed by atoms with Gasteiger partial charge in [-0.1, -0.05) is 24.3 Å². The second kappa shape index (κ2) is 6.53. The number of nitrogens with one attached hydrogen (secondary N) is 1. The third-order valence-corrected chi connectivity index (χ3v) is 5.16. The van der Waals surface area contributed by atoms with Gasteiger partial charge in [0.2, 0.25) is 0 Å². The van der Waals surface area contributed by atoms with E-state index in [4.69, 9.17) is 0 Å². The number of phenolic OH excluding ortho intramolecular Hbond substituents is 1. The molecule has 1 unspecified atom stereocenters. The summed E-state index contributed by atoms with van der Waals surface area (Å²) in [6, 6.07) is 17.5. The summed E-state index contributed by atoms with van der Waals surface area (Å²) < 4.78 is 0. The summed E-state index contributed by atoms with van der Waals surface area (Å²) in [7, 11) is 0. The molecule has 4 rings (SSSR count). The van der Waals surface area contributed by atoms with Gasteiger partial charge in [-0.05, 0) is 37.3 Å². The maximum absolute atomic E-state index is 10.8. The zero-order valence-corrected chi connectivity index (χ0v) is 14.5. The fourth-order valence-electron chi connectivity index (χ4n) is 2.88. The minimum Gasteiger partial charge on any atom is -0.505 e. The Morgan fingerprint density at radius 2 is 1.84 bits per heavy atom. The molecule has 4 aromatic rings. The van der Waals surface area contributed by atoms with E-state index >= 15 is 0 Å². The molecule has 0 aliphatic heterocycles. The molecular weight excluding hydrogens is 330 g/mol. The van der Waals surface area contributed by atoms with Gasteiger partial charge >= 0.3 is 0 Å². The maximum Gasteiger partial charge on any atom is 0.147 e. The number of anilines is 1. The van der Waals surface area contributed by atoms with Crippen LogP contribution in [0.3, 0.4) is 0 Å². The number of thiophene rings is 1. The fraction of sp³-hybridized carbons (Fsp3) is 0.100. The monoisotopic (exact) mass is 347 g/mol. The molecule has 0 saturated carbocycles. The normalized spacial score (nSPS) is 12.2. The number of aryl methyl sites for hydroxylation is 1. The van der Waals surface area contributed by atoms with Crippen LogP contribution in [0.25, 0.3) is 10.9 Å². The predicted octanol–water partition coefficient (Wildman–Crippen LogP) is 4.91. The van der Waals surface area contributed by atoms with Gasteiger partial charge in [0.1, 0.15) is 17.1 Å². The molecule has 0 aliphatic carbocycles. The fourth-order valence-corrected chi connectivity index (χ4v) is 3.83. The van der Waals surface area contributed by atoms with E-state index in [0.717, 1.165) is 21.6 Å². The quantitative estimate of drug-likeness (QED) is 0.551. The number of nitrogens with zero attached hydrogens (tertiary/aromatic N) is 2. The Balaban J connectivity index is 1.84. The van der Waals surface area contributed by atoms with Crippen LogP contribution in [0.15, 0.2) is 67.0 Å². The number of phenols is 1. The highest BCUT2D eigenvalue weighted by atomic mass is 32.1. The van der Waals surface area contributed by atoms with Crippen LogP contribution in [0.4, 0.5) is 5.82 Å². The topological polar surface area (TPSA) is 58.0 Å². The molecule has 0 amide bonds. The van der Waals surface area contributed by atoms with Crippen LogP contribution in [-0.4, -0.2) is 15.1 Å². The number of fused-ring (bicyclic) bond motifs is 1. The van der Waals surface area contributed by atoms with Gasteiger partial charge in [0.25, 0.3) is 0 Å². The van der Waals surface area contributed by atoms with Gasteiger partial charge < -0.3 is 10.4 Å². The molecule has 0 spiro atoms. The summed E-state index contributed by atoms with van der Waals surface area (Å²) in [6.07, 6.45) is 3.45. The van der Waals surface area contributed by atoms with E-state index in [0.29, 0.717) is 5.52 Å². The third kappa shape index (κ3) is 3.06. The van der Waals surface area contributed by atoms with Gasteiger partial charge in [0, 0.05) is 33.1 Å². The molecule has 25 heavy (non-hydrogen) atoms. The van der Waals surface area contributed by atoms with E-state index in [2.05, 4.69) is 34.3 Å². The van der Waals surface area contributed by atoms with Crippen molar-refractivity contribution in [3.63, 3.8) is 0 Å². The van der Waals surface area contributed by atoms with Gasteiger partial charge in [-0.2, -0.15) is 0 Å². The molecule has 5 heteroatoms. The van der Waals surface area contributed by atoms with Crippen molar-refractivity contribution in [2.75, 3.05) is 5.32 Å². The average Bonchev–Trinajstić information content (AvgIpc) is 3.08. The van der Waals surface area contributed by atoms with E-state index in [-0.39, 0.29) is 11.8 Å². The first kappa shape index (κ1) is 15.6. The second-order valence-electron chi connectivity index (χ2n) is 5.82. The number of hydrogen-bond acceptors (Lipinski definition) is 5. The minimum atomic E-state index is -0.194. The molecule has 0 aliphatic rings. The van der Waals surface area contributed by atoms with Crippen molar-refractivity contribution < 1.29 is 5.11 Å². The van der Waals surface area contributed by atoms with Crippen LogP contribution in [0.1, 0.15) is 21.4 Å². The van der Waals surface area contributed by atoms with Gasteiger partial charge in [-0.3, -0.25) is 4.98 Å². The molecular formula is C20H17N3OS. The Kier molecular flexibility index (Phi) is 4.07. The SMILES string of the molecule is Cc1ccc(C(Nc2ccccn2)c2ccc3cccnc3c2O)s1. The Labute approximate surface area is 149 Å². The van der Waals surface area contributed by atoms with Crippen LogP contribution < -0.4 is 5.32 Å². The summed E-state index contributed by atoms with van der Waals surface area (Å²) in [5.41, 5.74) is 1.40. The Morgan fingerprint density at radius 1 is 0.960 bits per heavy atom. The highest BCUT2D eigenvalue weighted by molar-refractivity contribution is 7.12. The summed E-state index contributed by atoms with van der Waals surface area (Å²) >= 11 is 1.70. The number of pyridine rings is 2. The molecule has 0 bridgehead atoms. The van der Waals surface area contributed by atoms with E-state index in [1.165, 1.54) is 4.88 Å². The highest BCUT2D eigenvalue weighted by Crippen LogP contribution is 2.38. The number of aromatic hydroxyl groups is 1. The Morgan fingerprint density at radius 3 is 2.60 bits per heavy atom. The van der Waals surface area contributed by atoms with Crippen molar-refractivity contribution >= 4 is 28.1 Å². The van der Waals surface area contributed by atoms with Crippen LogP contribution in [0.5, 0.6) is 5.75 Å². The molecule has 4 nitrogen and oxygen atoms in total. The van der Waals surface area contributed by atoms with Gasteiger partial charge in [0.15, 0.2) is 0 Å². The number of aromatic nitrogens is 2. The van der Waals surface area contributed by atoms with Gasteiger partial charge in [0.05, 0.1) is 6.04 Å². The van der Waals surface area contributed by atoms with E-state index in [9.17, 15) is 5.11 Å². The zero-order chi connectivity index (χ0) is 17.2. The molecule has 3 aromatic heterocycles. The Hall–Kier alpha value is -2.92. The lowest BCUT2D eigenvalue weighted by Gasteiger charge is -2.20. The van der Waals surface area contributed by atoms with Crippen molar-refractivity contribution in [2.45, 2.75) is 13.0 Å². The lowest BCUT2D eigenvalue weighted by molar-refractivity contribution is 0.472. The van der Waals surface area contributed by atoms with Crippen molar-refractivity contribution in [3.8, 4) is 5.75 Å². The lowest BCUT2D eigenvalue weighted by atomic mass is 10.0. The summed E-state index contributed by atoms with van der Waals surface area (Å²) in [5, 5.41) is 15.2. The smallest absolute Gasteiger partial charge is 0.147 e. The number of benzene rings is 1. The highest BCUT2D eigenvalue weighted by Gasteiger charge is 2.21. The second-order valence-corrected chi connectivity index (χ2v) is 7.14. The molecule has 0 radical (unpaired) electrons. The van der Waals surface area contributed by atoms with Gasteiger partial charge in [-0.15, -0.1) is 11.3 Å². The standard InChI is InChI=1S/C20H17N3OS/c1-13-7-10-16(25-13)19(23-17-6-2-3-11-21-17)15-9-8-14-5-4-12-22-18(14)20(15)24/h2-12,19,24H,1H3,(H,21,23). The largest absolute Gasteiger partial charge is 0.505 e. The van der Waals surface area contributed by atoms with E-state index in [1.54, 1.807) is 23.7 Å². The Bertz CT molecular complexity index is 1010. The molecule has 2 N–H and O–H groups in total. The molecule has 0 fully saturated rings. The first-order chi connectivity index (χ1) is 12.2.